The van der Waals surface area contributed by atoms with Gasteiger partial charge in [-0.25, -0.2) is 8.42 Å². The summed E-state index contributed by atoms with van der Waals surface area (Å²) in [5, 5.41) is 2.63. The zero-order valence-corrected chi connectivity index (χ0v) is 14.3. The van der Waals surface area contributed by atoms with E-state index in [4.69, 9.17) is 5.73 Å². The largest absolute Gasteiger partial charge is 0.417 e. The minimum absolute atomic E-state index is 0.215. The van der Waals surface area contributed by atoms with Crippen LogP contribution in [0.25, 0.3) is 0 Å². The summed E-state index contributed by atoms with van der Waals surface area (Å²) in [4.78, 5) is 11.2. The third-order valence-corrected chi connectivity index (χ3v) is 5.58. The number of rotatable bonds is 7. The van der Waals surface area contributed by atoms with Crippen LogP contribution in [-0.2, 0) is 21.0 Å². The van der Waals surface area contributed by atoms with Crippen molar-refractivity contribution < 1.29 is 26.4 Å². The topological polar surface area (TPSA) is 101 Å². The van der Waals surface area contributed by atoms with Crippen LogP contribution in [0.3, 0.4) is 0 Å². The van der Waals surface area contributed by atoms with Gasteiger partial charge in [0.2, 0.25) is 15.9 Å². The molecule has 10 heteroatoms. The maximum absolute atomic E-state index is 13.0. The molecule has 1 aliphatic rings. The van der Waals surface area contributed by atoms with Gasteiger partial charge in [0.1, 0.15) is 0 Å². The summed E-state index contributed by atoms with van der Waals surface area (Å²) in [5.41, 5.74) is 4.29. The Bertz CT molecular complexity index is 733. The molecule has 1 amide bonds. The molecule has 2 rings (SSSR count). The van der Waals surface area contributed by atoms with Gasteiger partial charge in [-0.05, 0) is 37.8 Å². The van der Waals surface area contributed by atoms with Crippen LogP contribution in [-0.4, -0.2) is 33.0 Å². The van der Waals surface area contributed by atoms with Crippen molar-refractivity contribution in [3.05, 3.63) is 29.8 Å². The first-order valence-corrected chi connectivity index (χ1v) is 9.23. The Morgan fingerprint density at radius 2 is 1.92 bits per heavy atom. The number of hydrogen-bond acceptors (Lipinski definition) is 4. The van der Waals surface area contributed by atoms with E-state index < -0.39 is 38.6 Å². The number of alkyl halides is 3. The summed E-state index contributed by atoms with van der Waals surface area (Å²) in [6.07, 6.45) is -2.96. The van der Waals surface area contributed by atoms with E-state index in [1.807, 2.05) is 4.72 Å². The van der Waals surface area contributed by atoms with Gasteiger partial charge in [0, 0.05) is 12.6 Å². The average molecular weight is 379 g/mol. The Kier molecular flexibility index (Phi) is 5.75. The van der Waals surface area contributed by atoms with Crippen molar-refractivity contribution in [1.29, 1.82) is 0 Å². The van der Waals surface area contributed by atoms with E-state index in [9.17, 15) is 26.4 Å². The van der Waals surface area contributed by atoms with Gasteiger partial charge in [0.05, 0.1) is 16.5 Å². The van der Waals surface area contributed by atoms with Gasteiger partial charge in [0.25, 0.3) is 0 Å². The second-order valence-electron chi connectivity index (χ2n) is 6.03. The predicted octanol–water partition coefficient (Wildman–Crippen LogP) is 1.23. The molecule has 2 unspecified atom stereocenters. The van der Waals surface area contributed by atoms with Crippen LogP contribution in [0.2, 0.25) is 0 Å². The number of sulfonamides is 1. The summed E-state index contributed by atoms with van der Waals surface area (Å²) >= 11 is 0. The Hall–Kier alpha value is -1.65. The highest BCUT2D eigenvalue weighted by Crippen LogP contribution is 2.34. The first kappa shape index (κ1) is 19.7. The van der Waals surface area contributed by atoms with Gasteiger partial charge in [0.15, 0.2) is 0 Å². The number of hydrogen-bond donors (Lipinski definition) is 3. The van der Waals surface area contributed by atoms with E-state index in [0.717, 1.165) is 25.0 Å². The van der Waals surface area contributed by atoms with Crippen molar-refractivity contribution in [2.45, 2.75) is 42.9 Å². The molecule has 1 saturated carbocycles. The Morgan fingerprint density at radius 3 is 2.44 bits per heavy atom. The van der Waals surface area contributed by atoms with E-state index in [-0.39, 0.29) is 18.5 Å². The molecule has 0 aliphatic heterocycles. The van der Waals surface area contributed by atoms with Crippen LogP contribution in [0.15, 0.2) is 29.2 Å². The smallest absolute Gasteiger partial charge is 0.350 e. The molecule has 140 valence electrons. The maximum Gasteiger partial charge on any atom is 0.417 e. The fraction of sp³-hybridized carbons (Fsp3) is 0.533. The fourth-order valence-electron chi connectivity index (χ4n) is 2.46. The van der Waals surface area contributed by atoms with Crippen molar-refractivity contribution in [2.75, 3.05) is 6.54 Å². The van der Waals surface area contributed by atoms with Crippen LogP contribution < -0.4 is 15.8 Å². The van der Waals surface area contributed by atoms with Crippen LogP contribution in [0.5, 0.6) is 0 Å². The van der Waals surface area contributed by atoms with E-state index in [1.165, 1.54) is 13.0 Å². The number of benzene rings is 1. The zero-order chi connectivity index (χ0) is 18.8. The predicted molar refractivity (Wildman–Crippen MR) is 84.9 cm³/mol. The summed E-state index contributed by atoms with van der Waals surface area (Å²) in [6, 6.07) is 2.31. The number of amides is 1. The normalized spacial score (nSPS) is 17.8. The first-order chi connectivity index (χ1) is 11.6. The Morgan fingerprint density at radius 1 is 1.32 bits per heavy atom. The molecule has 25 heavy (non-hydrogen) atoms. The van der Waals surface area contributed by atoms with Gasteiger partial charge < -0.3 is 11.1 Å². The monoisotopic (exact) mass is 379 g/mol. The lowest BCUT2D eigenvalue weighted by Crippen LogP contribution is -2.50. The number of carbonyl (C=O) groups excluding carboxylic acids is 1. The van der Waals surface area contributed by atoms with Gasteiger partial charge in [-0.15, -0.1) is 0 Å². The van der Waals surface area contributed by atoms with Gasteiger partial charge in [-0.3, -0.25) is 4.79 Å². The number of nitrogens with one attached hydrogen (secondary N) is 2. The van der Waals surface area contributed by atoms with Gasteiger partial charge in [-0.2, -0.15) is 17.9 Å². The summed E-state index contributed by atoms with van der Waals surface area (Å²) < 4.78 is 65.6. The molecule has 6 nitrogen and oxygen atoms in total. The van der Waals surface area contributed by atoms with E-state index >= 15 is 0 Å². The maximum atomic E-state index is 13.0. The lowest BCUT2D eigenvalue weighted by Gasteiger charge is -2.21. The van der Waals surface area contributed by atoms with Crippen LogP contribution in [0.1, 0.15) is 25.3 Å². The Labute approximate surface area is 144 Å². The molecule has 0 radical (unpaired) electrons. The second-order valence-corrected chi connectivity index (χ2v) is 7.71. The molecule has 0 spiro atoms. The summed E-state index contributed by atoms with van der Waals surface area (Å²) in [7, 11) is -4.53. The van der Waals surface area contributed by atoms with E-state index in [0.29, 0.717) is 6.07 Å². The number of carbonyl (C=O) groups is 1. The first-order valence-electron chi connectivity index (χ1n) is 7.75. The molecular weight excluding hydrogens is 359 g/mol. The van der Waals surface area contributed by atoms with Crippen molar-refractivity contribution in [3.8, 4) is 0 Å². The highest BCUT2D eigenvalue weighted by molar-refractivity contribution is 7.89. The highest BCUT2D eigenvalue weighted by atomic mass is 32.2. The molecule has 0 saturated heterocycles. The number of halogens is 3. The number of nitrogens with two attached hydrogens (primary N) is 1. The molecule has 1 fully saturated rings. The third kappa shape index (κ3) is 4.93. The molecule has 1 aromatic rings. The second kappa shape index (κ2) is 7.30. The molecule has 0 aromatic heterocycles. The molecule has 1 aliphatic carbocycles. The Balaban J connectivity index is 2.14. The summed E-state index contributed by atoms with van der Waals surface area (Å²) in [6.45, 7) is 1.48. The van der Waals surface area contributed by atoms with Crippen molar-refractivity contribution in [2.24, 2.45) is 11.7 Å². The SMILES string of the molecule is CC(NS(=O)(=O)c1ccccc1C(F)(F)F)C(=O)NC(CN)C1CC1. The van der Waals surface area contributed by atoms with Crippen molar-refractivity contribution >= 4 is 15.9 Å². The van der Waals surface area contributed by atoms with E-state index in [2.05, 4.69) is 5.32 Å². The lowest BCUT2D eigenvalue weighted by molar-refractivity contribution is -0.139. The minimum atomic E-state index is -4.83. The van der Waals surface area contributed by atoms with Crippen molar-refractivity contribution in [3.63, 3.8) is 0 Å². The molecule has 4 N–H and O–H groups in total. The van der Waals surface area contributed by atoms with Crippen LogP contribution >= 0.6 is 0 Å². The highest BCUT2D eigenvalue weighted by Gasteiger charge is 2.38. The summed E-state index contributed by atoms with van der Waals surface area (Å²) in [5.74, 6) is -0.362. The lowest BCUT2D eigenvalue weighted by atomic mass is 10.2. The molecule has 0 heterocycles. The van der Waals surface area contributed by atoms with Crippen molar-refractivity contribution in [1.82, 2.24) is 10.0 Å². The minimum Gasteiger partial charge on any atom is -0.350 e. The zero-order valence-electron chi connectivity index (χ0n) is 13.5. The molecule has 2 atom stereocenters. The fourth-order valence-corrected chi connectivity index (χ4v) is 3.89. The molecular formula is C15H20F3N3O3S. The van der Waals surface area contributed by atoms with Gasteiger partial charge in [-0.1, -0.05) is 12.1 Å². The average Bonchev–Trinajstić information content (AvgIpc) is 3.36. The van der Waals surface area contributed by atoms with Crippen LogP contribution in [0, 0.1) is 5.92 Å². The quantitative estimate of drug-likeness (QED) is 0.663. The van der Waals surface area contributed by atoms with E-state index in [1.54, 1.807) is 0 Å². The standard InChI is InChI=1S/C15H20F3N3O3S/c1-9(14(22)20-12(8-19)10-6-7-10)21-25(23,24)13-5-3-2-4-11(13)15(16,17)18/h2-5,9-10,12,21H,6-8,19H2,1H3,(H,20,22). The molecule has 0 bridgehead atoms. The molecule has 1 aromatic carbocycles. The van der Waals surface area contributed by atoms with Crippen LogP contribution in [0.4, 0.5) is 13.2 Å². The van der Waals surface area contributed by atoms with Gasteiger partial charge >= 0.3 is 6.18 Å². The third-order valence-electron chi connectivity index (χ3n) is 3.98.